The van der Waals surface area contributed by atoms with Crippen molar-refractivity contribution in [1.29, 1.82) is 0 Å². The molecule has 1 aliphatic rings. The average Bonchev–Trinajstić information content (AvgIpc) is 2.89. The number of rotatable bonds is 10. The van der Waals surface area contributed by atoms with Gasteiger partial charge in [0.2, 0.25) is 0 Å². The Morgan fingerprint density at radius 1 is 1.25 bits per heavy atom. The predicted molar refractivity (Wildman–Crippen MR) is 111 cm³/mol. The van der Waals surface area contributed by atoms with E-state index in [1.54, 1.807) is 24.3 Å². The molecule has 0 radical (unpaired) electrons. The number of ether oxygens (including phenoxy) is 1. The second-order valence-electron chi connectivity index (χ2n) is 6.97. The molecule has 2 rings (SSSR count). The molecule has 1 amide bonds. The molecule has 0 heterocycles. The number of hydrogen-bond acceptors (Lipinski definition) is 3. The molecule has 0 unspecified atom stereocenters. The molecule has 0 saturated heterocycles. The van der Waals surface area contributed by atoms with E-state index in [0.717, 1.165) is 32.1 Å². The van der Waals surface area contributed by atoms with E-state index < -0.39 is 5.82 Å². The van der Waals surface area contributed by atoms with Gasteiger partial charge in [-0.15, -0.1) is 0 Å². The quantitative estimate of drug-likeness (QED) is 0.562. The number of amides is 1. The van der Waals surface area contributed by atoms with E-state index in [9.17, 15) is 9.18 Å². The van der Waals surface area contributed by atoms with Crippen molar-refractivity contribution in [3.05, 3.63) is 64.7 Å². The van der Waals surface area contributed by atoms with Crippen LogP contribution in [-0.2, 0) is 11.3 Å². The summed E-state index contributed by atoms with van der Waals surface area (Å²) in [5.74, 6) is -0.496. The molecule has 0 fully saturated rings. The molecule has 0 atom stereocenters. The molecule has 0 bridgehead atoms. The first-order valence-corrected chi connectivity index (χ1v) is 10.1. The normalized spacial score (nSPS) is 13.9. The van der Waals surface area contributed by atoms with Gasteiger partial charge >= 0.3 is 0 Å². The van der Waals surface area contributed by atoms with Crippen molar-refractivity contribution in [2.24, 2.45) is 5.73 Å². The van der Waals surface area contributed by atoms with E-state index in [0.29, 0.717) is 29.9 Å². The third-order valence-corrected chi connectivity index (χ3v) is 4.80. The van der Waals surface area contributed by atoms with Crippen molar-refractivity contribution >= 4 is 5.91 Å². The Bertz CT molecular complexity index is 766. The van der Waals surface area contributed by atoms with Gasteiger partial charge in [0, 0.05) is 24.2 Å². The second kappa shape index (κ2) is 11.3. The van der Waals surface area contributed by atoms with Crippen molar-refractivity contribution in [1.82, 2.24) is 5.32 Å². The van der Waals surface area contributed by atoms with Gasteiger partial charge in [-0.1, -0.05) is 63.0 Å². The summed E-state index contributed by atoms with van der Waals surface area (Å²) in [5.41, 5.74) is 8.62. The molecule has 5 heteroatoms. The number of nitrogens with two attached hydrogens (primary N) is 1. The van der Waals surface area contributed by atoms with E-state index in [1.807, 2.05) is 12.2 Å². The molecule has 1 aromatic rings. The molecule has 28 heavy (non-hydrogen) atoms. The maximum absolute atomic E-state index is 14.6. The van der Waals surface area contributed by atoms with Crippen molar-refractivity contribution in [3.8, 4) is 5.75 Å². The lowest BCUT2D eigenvalue weighted by molar-refractivity contribution is -0.117. The van der Waals surface area contributed by atoms with Gasteiger partial charge in [0.05, 0.1) is 12.2 Å². The Morgan fingerprint density at radius 3 is 2.82 bits per heavy atom. The molecule has 0 aromatic heterocycles. The number of unbranched alkanes of at least 4 members (excludes halogenated alkanes) is 3. The fourth-order valence-corrected chi connectivity index (χ4v) is 3.04. The summed E-state index contributed by atoms with van der Waals surface area (Å²) in [7, 11) is 0. The smallest absolute Gasteiger partial charge is 0.253 e. The van der Waals surface area contributed by atoms with Gasteiger partial charge in [0.15, 0.2) is 11.6 Å². The van der Waals surface area contributed by atoms with Crippen LogP contribution in [0.25, 0.3) is 0 Å². The summed E-state index contributed by atoms with van der Waals surface area (Å²) in [6, 6.07) is 5.01. The van der Waals surface area contributed by atoms with Crippen molar-refractivity contribution in [2.75, 3.05) is 6.61 Å². The summed E-state index contributed by atoms with van der Waals surface area (Å²) in [5, 5.41) is 2.77. The van der Waals surface area contributed by atoms with Crippen LogP contribution in [0.1, 0.15) is 57.9 Å². The minimum atomic E-state index is -0.424. The van der Waals surface area contributed by atoms with Gasteiger partial charge in [-0.25, -0.2) is 4.39 Å². The van der Waals surface area contributed by atoms with E-state index in [4.69, 9.17) is 10.5 Å². The lowest BCUT2D eigenvalue weighted by Gasteiger charge is -2.12. The average molecular weight is 387 g/mol. The zero-order valence-electron chi connectivity index (χ0n) is 16.9. The highest BCUT2D eigenvalue weighted by Gasteiger charge is 2.15. The number of carbonyl (C=O) groups excluding carboxylic acids is 1. The van der Waals surface area contributed by atoms with Gasteiger partial charge in [0.1, 0.15) is 0 Å². The molecule has 0 saturated carbocycles. The molecule has 3 N–H and O–H groups in total. The first-order chi connectivity index (χ1) is 13.6. The summed E-state index contributed by atoms with van der Waals surface area (Å²) in [6.45, 7) is 4.77. The van der Waals surface area contributed by atoms with Crippen LogP contribution in [0.4, 0.5) is 4.39 Å². The van der Waals surface area contributed by atoms with Crippen LogP contribution < -0.4 is 15.8 Å². The summed E-state index contributed by atoms with van der Waals surface area (Å²) >= 11 is 0. The van der Waals surface area contributed by atoms with Gasteiger partial charge in [-0.05, 0) is 25.0 Å². The molecule has 0 aliphatic heterocycles. The number of hydrogen-bond donors (Lipinski definition) is 2. The van der Waals surface area contributed by atoms with E-state index in [1.165, 1.54) is 5.57 Å². The standard InChI is InChI=1S/C23H31FN2O2/c1-3-5-6-7-14-28-21-13-9-11-18(22(21)24)16-26-23(27)19-12-8-10-17(4-2)15-20(19)25/h8-13H,3-7,14-16,25H2,1-2H3,(H,26,27). The first kappa shape index (κ1) is 21.7. The predicted octanol–water partition coefficient (Wildman–Crippen LogP) is 4.91. The van der Waals surface area contributed by atoms with Crippen LogP contribution in [0.2, 0.25) is 0 Å². The fourth-order valence-electron chi connectivity index (χ4n) is 3.04. The van der Waals surface area contributed by atoms with Crippen LogP contribution in [-0.4, -0.2) is 12.5 Å². The molecule has 152 valence electrons. The van der Waals surface area contributed by atoms with E-state index in [2.05, 4.69) is 19.2 Å². The van der Waals surface area contributed by atoms with Gasteiger partial charge in [-0.2, -0.15) is 0 Å². The van der Waals surface area contributed by atoms with Crippen molar-refractivity contribution in [2.45, 2.75) is 58.9 Å². The van der Waals surface area contributed by atoms with Crippen LogP contribution in [0.3, 0.4) is 0 Å². The Kier molecular flexibility index (Phi) is 8.79. The summed E-state index contributed by atoms with van der Waals surface area (Å²) in [6.07, 6.45) is 11.3. The molecular weight excluding hydrogens is 355 g/mol. The fraction of sp³-hybridized carbons (Fsp3) is 0.435. The largest absolute Gasteiger partial charge is 0.491 e. The molecule has 0 spiro atoms. The maximum Gasteiger partial charge on any atom is 0.253 e. The monoisotopic (exact) mass is 386 g/mol. The zero-order chi connectivity index (χ0) is 20.4. The van der Waals surface area contributed by atoms with E-state index >= 15 is 0 Å². The minimum Gasteiger partial charge on any atom is -0.491 e. The third kappa shape index (κ3) is 6.25. The number of benzene rings is 1. The number of allylic oxidation sites excluding steroid dienone is 3. The van der Waals surface area contributed by atoms with E-state index in [-0.39, 0.29) is 18.2 Å². The maximum atomic E-state index is 14.6. The summed E-state index contributed by atoms with van der Waals surface area (Å²) < 4.78 is 20.2. The first-order valence-electron chi connectivity index (χ1n) is 10.1. The number of nitrogens with one attached hydrogen (secondary N) is 1. The van der Waals surface area contributed by atoms with Gasteiger partial charge in [0.25, 0.3) is 5.91 Å². The number of halogens is 1. The third-order valence-electron chi connectivity index (χ3n) is 4.80. The van der Waals surface area contributed by atoms with Gasteiger partial charge < -0.3 is 15.8 Å². The highest BCUT2D eigenvalue weighted by Crippen LogP contribution is 2.22. The topological polar surface area (TPSA) is 64.3 Å². The molecule has 1 aliphatic carbocycles. The van der Waals surface area contributed by atoms with Crippen LogP contribution >= 0.6 is 0 Å². The van der Waals surface area contributed by atoms with Crippen LogP contribution in [0.15, 0.2) is 53.3 Å². The van der Waals surface area contributed by atoms with Crippen LogP contribution in [0, 0.1) is 5.82 Å². The minimum absolute atomic E-state index is 0.0797. The SMILES string of the molecule is CCCCCCOc1cccc(CNC(=O)C2=C(N)CC(CC)=CC=C2)c1F. The summed E-state index contributed by atoms with van der Waals surface area (Å²) in [4.78, 5) is 12.5. The second-order valence-corrected chi connectivity index (χ2v) is 6.97. The lowest BCUT2D eigenvalue weighted by Crippen LogP contribution is -2.26. The molecular formula is C23H31FN2O2. The Hall–Kier alpha value is -2.56. The Balaban J connectivity index is 1.95. The van der Waals surface area contributed by atoms with Crippen molar-refractivity contribution in [3.63, 3.8) is 0 Å². The lowest BCUT2D eigenvalue weighted by atomic mass is 10.1. The Morgan fingerprint density at radius 2 is 2.07 bits per heavy atom. The van der Waals surface area contributed by atoms with Gasteiger partial charge in [-0.3, -0.25) is 4.79 Å². The molecule has 1 aromatic carbocycles. The van der Waals surface area contributed by atoms with Crippen molar-refractivity contribution < 1.29 is 13.9 Å². The highest BCUT2D eigenvalue weighted by molar-refractivity contribution is 5.97. The molecule has 4 nitrogen and oxygen atoms in total. The Labute approximate surface area is 167 Å². The van der Waals surface area contributed by atoms with Crippen LogP contribution in [0.5, 0.6) is 5.75 Å². The zero-order valence-corrected chi connectivity index (χ0v) is 16.9. The highest BCUT2D eigenvalue weighted by atomic mass is 19.1. The number of carbonyl (C=O) groups is 1.